The average molecular weight is 508 g/mol. The summed E-state index contributed by atoms with van der Waals surface area (Å²) < 4.78 is 26.6. The molecule has 9 heteroatoms. The van der Waals surface area contributed by atoms with Crippen molar-refractivity contribution in [3.8, 4) is 0 Å². The van der Waals surface area contributed by atoms with Crippen LogP contribution in [0.4, 0.5) is 5.69 Å². The van der Waals surface area contributed by atoms with Crippen molar-refractivity contribution < 1.29 is 18.0 Å². The molecule has 0 aromatic heterocycles. The number of carbonyl (C=O) groups is 2. The van der Waals surface area contributed by atoms with Gasteiger partial charge < -0.3 is 10.2 Å². The van der Waals surface area contributed by atoms with E-state index in [0.717, 1.165) is 33.7 Å². The molecule has 7 nitrogen and oxygen atoms in total. The summed E-state index contributed by atoms with van der Waals surface area (Å²) in [7, 11) is -3.76. The summed E-state index contributed by atoms with van der Waals surface area (Å²) in [6.07, 6.45) is 2.23. The van der Waals surface area contributed by atoms with E-state index in [1.807, 2.05) is 33.8 Å². The number of aryl methyl sites for hydroxylation is 1. The average Bonchev–Trinajstić information content (AvgIpc) is 2.78. The van der Waals surface area contributed by atoms with Crippen molar-refractivity contribution in [2.45, 2.75) is 53.1 Å². The number of benzene rings is 2. The van der Waals surface area contributed by atoms with Gasteiger partial charge in [0.15, 0.2) is 0 Å². The molecule has 0 heterocycles. The van der Waals surface area contributed by atoms with Crippen molar-refractivity contribution >= 4 is 39.1 Å². The highest BCUT2D eigenvalue weighted by Gasteiger charge is 2.32. The number of halogens is 1. The number of nitrogens with one attached hydrogen (secondary N) is 1. The van der Waals surface area contributed by atoms with Gasteiger partial charge in [-0.2, -0.15) is 0 Å². The quantitative estimate of drug-likeness (QED) is 0.497. The zero-order chi connectivity index (χ0) is 25.5. The summed E-state index contributed by atoms with van der Waals surface area (Å²) in [4.78, 5) is 28.0. The van der Waals surface area contributed by atoms with Gasteiger partial charge in [-0.3, -0.25) is 13.9 Å². The highest BCUT2D eigenvalue weighted by Crippen LogP contribution is 2.25. The maximum atomic E-state index is 13.6. The van der Waals surface area contributed by atoms with Crippen LogP contribution >= 0.6 is 11.6 Å². The molecule has 0 bridgehead atoms. The zero-order valence-electron chi connectivity index (χ0n) is 20.5. The Balaban J connectivity index is 2.46. The van der Waals surface area contributed by atoms with E-state index in [4.69, 9.17) is 11.6 Å². The second kappa shape index (κ2) is 12.2. The van der Waals surface area contributed by atoms with Crippen LogP contribution in [0.5, 0.6) is 0 Å². The van der Waals surface area contributed by atoms with Crippen molar-refractivity contribution in [2.75, 3.05) is 23.7 Å². The molecule has 34 heavy (non-hydrogen) atoms. The summed E-state index contributed by atoms with van der Waals surface area (Å²) in [5, 5.41) is 3.42. The van der Waals surface area contributed by atoms with Crippen LogP contribution in [0, 0.1) is 13.8 Å². The van der Waals surface area contributed by atoms with Crippen molar-refractivity contribution in [3.63, 3.8) is 0 Å². The Labute approximate surface area is 208 Å². The second-order valence-corrected chi connectivity index (χ2v) is 10.7. The smallest absolute Gasteiger partial charge is 0.244 e. The Kier molecular flexibility index (Phi) is 9.94. The molecular weight excluding hydrogens is 474 g/mol. The predicted octanol–water partition coefficient (Wildman–Crippen LogP) is 4.06. The second-order valence-electron chi connectivity index (χ2n) is 8.35. The number of hydrogen-bond donors (Lipinski definition) is 1. The fraction of sp³-hybridized carbons (Fsp3) is 0.440. The maximum absolute atomic E-state index is 13.6. The summed E-state index contributed by atoms with van der Waals surface area (Å²) in [6.45, 7) is 7.73. The first-order valence-corrected chi connectivity index (χ1v) is 13.6. The fourth-order valence-corrected chi connectivity index (χ4v) is 4.70. The van der Waals surface area contributed by atoms with Gasteiger partial charge in [0.2, 0.25) is 21.8 Å². The predicted molar refractivity (Wildman–Crippen MR) is 137 cm³/mol. The molecule has 0 spiro atoms. The minimum absolute atomic E-state index is 0.151. The molecule has 2 amide bonds. The van der Waals surface area contributed by atoms with E-state index in [-0.39, 0.29) is 12.5 Å². The van der Waals surface area contributed by atoms with Crippen molar-refractivity contribution in [3.05, 3.63) is 64.2 Å². The molecule has 2 aromatic carbocycles. The minimum Gasteiger partial charge on any atom is -0.354 e. The lowest BCUT2D eigenvalue weighted by Crippen LogP contribution is -2.52. The normalized spacial score (nSPS) is 12.2. The summed E-state index contributed by atoms with van der Waals surface area (Å²) in [5.41, 5.74) is 2.93. The number of nitrogens with zero attached hydrogens (tertiary/aromatic N) is 2. The third kappa shape index (κ3) is 7.21. The Morgan fingerprint density at radius 1 is 1.06 bits per heavy atom. The fourth-order valence-electron chi connectivity index (χ4n) is 3.67. The number of sulfonamides is 1. The molecule has 0 radical (unpaired) electrons. The van der Waals surface area contributed by atoms with E-state index in [1.54, 1.807) is 36.4 Å². The minimum atomic E-state index is -3.76. The SMILES string of the molecule is CCCNC(=O)[C@H](CC)N(Cc1ccc(Cl)cc1)C(=O)CN(c1cccc(C)c1C)S(C)(=O)=O. The van der Waals surface area contributed by atoms with Crippen LogP contribution in [0.3, 0.4) is 0 Å². The van der Waals surface area contributed by atoms with E-state index in [0.29, 0.717) is 23.7 Å². The number of carbonyl (C=O) groups excluding carboxylic acids is 2. The lowest BCUT2D eigenvalue weighted by Gasteiger charge is -2.33. The lowest BCUT2D eigenvalue weighted by molar-refractivity contribution is -0.140. The molecular formula is C25H34ClN3O4S. The van der Waals surface area contributed by atoms with Gasteiger partial charge >= 0.3 is 0 Å². The van der Waals surface area contributed by atoms with Crippen LogP contribution in [-0.4, -0.2) is 50.5 Å². The molecule has 0 aliphatic heterocycles. The van der Waals surface area contributed by atoms with Gasteiger partial charge in [0, 0.05) is 18.1 Å². The van der Waals surface area contributed by atoms with Crippen LogP contribution < -0.4 is 9.62 Å². The standard InChI is InChI=1S/C25H34ClN3O4S/c1-6-15-27-25(31)22(7-2)28(16-20-11-13-21(26)14-12-20)24(30)17-29(34(5,32)33)23-10-8-9-18(3)19(23)4/h8-14,22H,6-7,15-17H2,1-5H3,(H,27,31)/t22-/m0/s1. The topological polar surface area (TPSA) is 86.8 Å². The molecule has 0 saturated heterocycles. The van der Waals surface area contributed by atoms with Gasteiger partial charge in [-0.25, -0.2) is 8.42 Å². The molecule has 0 saturated carbocycles. The first-order valence-electron chi connectivity index (χ1n) is 11.3. The van der Waals surface area contributed by atoms with Gasteiger partial charge in [-0.05, 0) is 61.6 Å². The molecule has 2 rings (SSSR count). The third-order valence-corrected chi connectivity index (χ3v) is 7.10. The van der Waals surface area contributed by atoms with Crippen molar-refractivity contribution in [1.29, 1.82) is 0 Å². The third-order valence-electron chi connectivity index (χ3n) is 5.73. The molecule has 0 unspecified atom stereocenters. The molecule has 1 atom stereocenters. The first-order chi connectivity index (χ1) is 16.0. The van der Waals surface area contributed by atoms with Crippen LogP contribution in [0.2, 0.25) is 5.02 Å². The number of hydrogen-bond acceptors (Lipinski definition) is 4. The van der Waals surface area contributed by atoms with Gasteiger partial charge in [-0.1, -0.05) is 49.7 Å². The lowest BCUT2D eigenvalue weighted by atomic mass is 10.1. The van der Waals surface area contributed by atoms with Crippen molar-refractivity contribution in [1.82, 2.24) is 10.2 Å². The van der Waals surface area contributed by atoms with Crippen LogP contribution in [0.25, 0.3) is 0 Å². The van der Waals surface area contributed by atoms with E-state index >= 15 is 0 Å². The van der Waals surface area contributed by atoms with Gasteiger partial charge in [0.05, 0.1) is 11.9 Å². The van der Waals surface area contributed by atoms with Crippen LogP contribution in [-0.2, 0) is 26.2 Å². The highest BCUT2D eigenvalue weighted by molar-refractivity contribution is 7.92. The van der Waals surface area contributed by atoms with E-state index in [9.17, 15) is 18.0 Å². The van der Waals surface area contributed by atoms with E-state index < -0.39 is 28.5 Å². The number of anilines is 1. The van der Waals surface area contributed by atoms with Gasteiger partial charge in [0.25, 0.3) is 0 Å². The van der Waals surface area contributed by atoms with E-state index in [2.05, 4.69) is 5.32 Å². The number of rotatable bonds is 11. The Morgan fingerprint density at radius 3 is 2.26 bits per heavy atom. The maximum Gasteiger partial charge on any atom is 0.244 e. The summed E-state index contributed by atoms with van der Waals surface area (Å²) >= 11 is 6.00. The number of amides is 2. The van der Waals surface area contributed by atoms with Crippen LogP contribution in [0.1, 0.15) is 43.4 Å². The molecule has 2 aromatic rings. The van der Waals surface area contributed by atoms with Gasteiger partial charge in [-0.15, -0.1) is 0 Å². The molecule has 0 aliphatic rings. The molecule has 0 aliphatic carbocycles. The summed E-state index contributed by atoms with van der Waals surface area (Å²) in [6, 6.07) is 11.6. The van der Waals surface area contributed by atoms with Crippen LogP contribution in [0.15, 0.2) is 42.5 Å². The largest absolute Gasteiger partial charge is 0.354 e. The zero-order valence-corrected chi connectivity index (χ0v) is 22.0. The Hall–Kier alpha value is -2.58. The highest BCUT2D eigenvalue weighted by atomic mass is 35.5. The molecule has 186 valence electrons. The molecule has 1 N–H and O–H groups in total. The van der Waals surface area contributed by atoms with Gasteiger partial charge in [0.1, 0.15) is 12.6 Å². The Bertz CT molecular complexity index is 1100. The Morgan fingerprint density at radius 2 is 1.71 bits per heavy atom. The monoisotopic (exact) mass is 507 g/mol. The molecule has 0 fully saturated rings. The summed E-state index contributed by atoms with van der Waals surface area (Å²) in [5.74, 6) is -0.718. The first kappa shape index (κ1) is 27.7. The van der Waals surface area contributed by atoms with Crippen molar-refractivity contribution in [2.24, 2.45) is 0 Å². The van der Waals surface area contributed by atoms with E-state index in [1.165, 1.54) is 4.90 Å².